The highest BCUT2D eigenvalue weighted by atomic mass is 31.2. The number of carbonyl (C=O) groups is 5. The summed E-state index contributed by atoms with van der Waals surface area (Å²) in [5.41, 5.74) is -2.48. The molecule has 8 rings (SSSR count). The normalized spacial score (nSPS) is 29.7. The molecule has 1 saturated heterocycles. The Kier molecular flexibility index (Phi) is 17.9. The molecule has 1 fully saturated rings. The van der Waals surface area contributed by atoms with Crippen molar-refractivity contribution in [2.45, 2.75) is 138 Å². The molecule has 2 aromatic carbocycles. The SMILES string of the molecule is C=C(CCC(C=O)P(=O)(O)O)Cc1ccc(OC(=O)N2C3=C4NC(=O)/C(C)=C\C=C\[C@H](C)[C@H](O)[C@@H](C)[C@@H](O)[C@@H](C)[C@H](C)[C@H](C)[C@@H](C)/C=C/O[C@@]5(C)Oc6c(C)c(O)c(c(c6C5=O)C3=NC23CCN(CC(C)C)CC3)C4=O)cc1. The van der Waals surface area contributed by atoms with Crippen molar-refractivity contribution >= 4 is 43.2 Å². The van der Waals surface area contributed by atoms with Crippen LogP contribution in [0, 0.1) is 48.3 Å². The Morgan fingerprint density at radius 2 is 1.59 bits per heavy atom. The summed E-state index contributed by atoms with van der Waals surface area (Å²) < 4.78 is 30.5. The number of ether oxygens (including phenoxy) is 3. The van der Waals surface area contributed by atoms with Crippen molar-refractivity contribution in [2.75, 3.05) is 19.6 Å². The highest BCUT2D eigenvalue weighted by Crippen LogP contribution is 2.53. The van der Waals surface area contributed by atoms with Crippen molar-refractivity contribution in [3.05, 3.63) is 112 Å². The van der Waals surface area contributed by atoms with Gasteiger partial charge >= 0.3 is 19.5 Å². The van der Waals surface area contributed by atoms with Gasteiger partial charge in [-0.3, -0.25) is 23.9 Å². The topological polar surface area (TPSA) is 262 Å². The van der Waals surface area contributed by atoms with Gasteiger partial charge in [0.05, 0.1) is 35.3 Å². The van der Waals surface area contributed by atoms with Crippen LogP contribution in [-0.4, -0.2) is 119 Å². The number of benzene rings is 2. The average molecular weight is 1100 g/mol. The first-order valence-electron chi connectivity index (χ1n) is 27.0. The standard InChI is InChI=1S/C59H77N4O14P/c1-31(2)29-62-25-23-59(24-26-62)61-47-44-45-52(67)40(11)54-46(44)55(69)58(12,77-54)75-27-22-33(4)36(7)37(8)38(9)51(66)39(10)50(65)34(5)14-13-15-35(6)56(70)60-48(53(45)68)49(47)63(59)57(71)76-42-19-17-41(18-20-42)28-32(3)16-21-43(30-64)78(72,73)74/h13-15,17-20,22,27,30-31,33-34,36-39,43,50-51,65-67H,3,16,21,23-26,28-29H2,1-2,4-12H3,(H,60,70)(H2,72,73,74)/b14-13+,27-22+,35-15-/t33-,34-,36+,37+,38-,39+,43?,50-,51-,58-/m0/s1. The fourth-order valence-corrected chi connectivity index (χ4v) is 11.9. The molecule has 78 heavy (non-hydrogen) atoms. The molecule has 2 aromatic rings. The molecule has 0 saturated carbocycles. The van der Waals surface area contributed by atoms with Gasteiger partial charge in [0.15, 0.2) is 0 Å². The minimum Gasteiger partial charge on any atom is -0.507 e. The van der Waals surface area contributed by atoms with E-state index in [4.69, 9.17) is 19.2 Å². The number of fused-ring (bicyclic) bond motifs is 13. The van der Waals surface area contributed by atoms with Crippen LogP contribution in [-0.2, 0) is 25.3 Å². The van der Waals surface area contributed by atoms with Gasteiger partial charge < -0.3 is 54.3 Å². The predicted molar refractivity (Wildman–Crippen MR) is 294 cm³/mol. The van der Waals surface area contributed by atoms with Gasteiger partial charge in [-0.25, -0.2) is 9.69 Å². The van der Waals surface area contributed by atoms with E-state index >= 15 is 14.4 Å². The van der Waals surface area contributed by atoms with Crippen LogP contribution < -0.4 is 14.8 Å². The summed E-state index contributed by atoms with van der Waals surface area (Å²) in [4.78, 5) is 99.6. The lowest BCUT2D eigenvalue weighted by atomic mass is 9.72. The number of hydrogen-bond donors (Lipinski definition) is 6. The quantitative estimate of drug-likeness (QED) is 0.0740. The highest BCUT2D eigenvalue weighted by Gasteiger charge is 2.58. The maximum Gasteiger partial charge on any atom is 0.421 e. The van der Waals surface area contributed by atoms with Crippen molar-refractivity contribution in [3.8, 4) is 17.2 Å². The number of hydrogen-bond acceptors (Lipinski definition) is 14. The minimum atomic E-state index is -4.62. The molecule has 1 aliphatic carbocycles. The largest absolute Gasteiger partial charge is 0.507 e. The predicted octanol–water partition coefficient (Wildman–Crippen LogP) is 8.48. The number of phenolic OH excluding ortho intramolecular Hbond substituents is 1. The van der Waals surface area contributed by atoms with Crippen molar-refractivity contribution in [1.82, 2.24) is 15.1 Å². The van der Waals surface area contributed by atoms with Gasteiger partial charge in [0, 0.05) is 67.9 Å². The molecule has 6 N–H and O–H groups in total. The van der Waals surface area contributed by atoms with Crippen LogP contribution >= 0.6 is 7.60 Å². The van der Waals surface area contributed by atoms with Crippen LogP contribution in [0.4, 0.5) is 4.79 Å². The second-order valence-electron chi connectivity index (χ2n) is 22.9. The number of likely N-dealkylation sites (tertiary alicyclic amines) is 1. The molecule has 5 bridgehead atoms. The number of rotatable bonds is 10. The molecule has 1 unspecified atom stereocenters. The summed E-state index contributed by atoms with van der Waals surface area (Å²) in [6.45, 7) is 26.0. The number of nitrogens with one attached hydrogen (secondary N) is 1. The van der Waals surface area contributed by atoms with Crippen LogP contribution in [0.15, 0.2) is 88.9 Å². The molecule has 1 spiro atoms. The minimum absolute atomic E-state index is 0.00636. The zero-order valence-electron chi connectivity index (χ0n) is 46.6. The van der Waals surface area contributed by atoms with Crippen molar-refractivity contribution in [3.63, 3.8) is 0 Å². The van der Waals surface area contributed by atoms with Gasteiger partial charge in [-0.2, -0.15) is 0 Å². The van der Waals surface area contributed by atoms with Crippen molar-refractivity contribution in [2.24, 2.45) is 46.4 Å². The van der Waals surface area contributed by atoms with E-state index in [2.05, 4.69) is 37.6 Å². The van der Waals surface area contributed by atoms with E-state index in [1.807, 2.05) is 27.7 Å². The monoisotopic (exact) mass is 1100 g/mol. The molecule has 5 heterocycles. The molecular weight excluding hydrogens is 1020 g/mol. The number of aromatic hydroxyl groups is 1. The smallest absolute Gasteiger partial charge is 0.421 e. The van der Waals surface area contributed by atoms with E-state index in [9.17, 15) is 39.3 Å². The van der Waals surface area contributed by atoms with Crippen LogP contribution in [0.3, 0.4) is 0 Å². The number of aliphatic hydroxyl groups excluding tert-OH is 2. The summed E-state index contributed by atoms with van der Waals surface area (Å²) in [6, 6.07) is 6.48. The second kappa shape index (κ2) is 23.4. The number of aliphatic hydroxyl groups is 2. The number of carbonyl (C=O) groups excluding carboxylic acids is 5. The number of aldehydes is 1. The molecule has 2 amide bonds. The number of Topliss-reactive ketones (excluding diaryl/α,β-unsaturated/α-hetero) is 2. The van der Waals surface area contributed by atoms with E-state index in [-0.39, 0.29) is 106 Å². The van der Waals surface area contributed by atoms with Gasteiger partial charge in [-0.05, 0) is 86.5 Å². The van der Waals surface area contributed by atoms with Crippen LogP contribution in [0.2, 0.25) is 0 Å². The van der Waals surface area contributed by atoms with Gasteiger partial charge in [-0.1, -0.05) is 97.9 Å². The van der Waals surface area contributed by atoms with Crippen molar-refractivity contribution < 1.29 is 67.9 Å². The molecule has 6 aliphatic rings. The molecule has 10 atom stereocenters. The van der Waals surface area contributed by atoms with Gasteiger partial charge in [0.1, 0.15) is 46.3 Å². The summed E-state index contributed by atoms with van der Waals surface area (Å²) in [5.74, 6) is -5.91. The number of nitrogens with zero attached hydrogens (tertiary/aromatic N) is 3. The maximum absolute atomic E-state index is 15.5. The first kappa shape index (κ1) is 59.6. The van der Waals surface area contributed by atoms with E-state index in [1.54, 1.807) is 49.4 Å². The molecule has 422 valence electrons. The summed E-state index contributed by atoms with van der Waals surface area (Å²) in [6.07, 6.45) is 6.37. The first-order valence-corrected chi connectivity index (χ1v) is 28.6. The molecular formula is C59H77N4O14P. The Hall–Kier alpha value is -6.01. The fourth-order valence-electron chi connectivity index (χ4n) is 11.3. The van der Waals surface area contributed by atoms with Crippen LogP contribution in [0.25, 0.3) is 0 Å². The number of aliphatic imine (C=N–C) groups is 1. The Bertz CT molecular complexity index is 2930. The van der Waals surface area contributed by atoms with Crippen LogP contribution in [0.1, 0.15) is 132 Å². The summed E-state index contributed by atoms with van der Waals surface area (Å²) >= 11 is 0. The first-order chi connectivity index (χ1) is 36.5. The van der Waals surface area contributed by atoms with E-state index in [0.717, 1.165) is 12.1 Å². The Labute approximate surface area is 457 Å². The summed E-state index contributed by atoms with van der Waals surface area (Å²) in [5, 5.41) is 38.0. The van der Waals surface area contributed by atoms with Gasteiger partial charge in [0.25, 0.3) is 11.7 Å². The highest BCUT2D eigenvalue weighted by molar-refractivity contribution is 7.53. The third-order valence-electron chi connectivity index (χ3n) is 16.8. The van der Waals surface area contributed by atoms with E-state index < -0.39 is 83.8 Å². The molecule has 19 heteroatoms. The lowest BCUT2D eigenvalue weighted by Crippen LogP contribution is -2.55. The number of piperidine rings is 1. The van der Waals surface area contributed by atoms with E-state index in [0.29, 0.717) is 31.0 Å². The summed E-state index contributed by atoms with van der Waals surface area (Å²) in [7, 11) is -4.62. The zero-order chi connectivity index (χ0) is 57.5. The third kappa shape index (κ3) is 11.8. The van der Waals surface area contributed by atoms with Gasteiger partial charge in [-0.15, -0.1) is 0 Å². The number of amides is 2. The van der Waals surface area contributed by atoms with E-state index in [1.165, 1.54) is 38.0 Å². The van der Waals surface area contributed by atoms with Gasteiger partial charge in [0.2, 0.25) is 5.78 Å². The second-order valence-corrected chi connectivity index (χ2v) is 24.7. The zero-order valence-corrected chi connectivity index (χ0v) is 47.5. The molecule has 0 radical (unpaired) electrons. The number of allylic oxidation sites excluding steroid dienone is 6. The third-order valence-corrected chi connectivity index (χ3v) is 18.1. The number of ketones is 2. The molecule has 5 aliphatic heterocycles. The average Bonchev–Trinajstić information content (AvgIpc) is 4.09. The Balaban J connectivity index is 1.36. The molecule has 0 aromatic heterocycles. The Morgan fingerprint density at radius 1 is 0.936 bits per heavy atom. The molecule has 18 nitrogen and oxygen atoms in total. The fraction of sp³-hybridized carbons (Fsp3) is 0.525. The lowest BCUT2D eigenvalue weighted by molar-refractivity contribution is -0.116. The van der Waals surface area contributed by atoms with Crippen LogP contribution in [0.5, 0.6) is 17.2 Å². The lowest BCUT2D eigenvalue weighted by Gasteiger charge is -2.43. The number of phenols is 1. The Morgan fingerprint density at radius 3 is 2.21 bits per heavy atom. The maximum atomic E-state index is 15.5. The van der Waals surface area contributed by atoms with Crippen molar-refractivity contribution in [1.29, 1.82) is 0 Å².